The highest BCUT2D eigenvalue weighted by Gasteiger charge is 2.30. The molecule has 1 aromatic rings. The quantitative estimate of drug-likeness (QED) is 0.853. The Balaban J connectivity index is 1.91. The highest BCUT2D eigenvalue weighted by atomic mass is 16.5. The van der Waals surface area contributed by atoms with Gasteiger partial charge >= 0.3 is 0 Å². The molecule has 1 unspecified atom stereocenters. The predicted octanol–water partition coefficient (Wildman–Crippen LogP) is 3.82. The predicted molar refractivity (Wildman–Crippen MR) is 72.2 cm³/mol. The highest BCUT2D eigenvalue weighted by Crippen LogP contribution is 2.38. The fraction of sp³-hybridized carbons (Fsp3) is 0.600. The average Bonchev–Trinajstić information content (AvgIpc) is 2.61. The van der Waals surface area contributed by atoms with E-state index in [-0.39, 0.29) is 0 Å². The molecule has 2 heteroatoms. The van der Waals surface area contributed by atoms with Crippen LogP contribution in [0.25, 0.3) is 0 Å². The maximum Gasteiger partial charge on any atom is 0.0713 e. The van der Waals surface area contributed by atoms with Crippen LogP contribution in [0.1, 0.15) is 38.7 Å². The molecule has 17 heavy (non-hydrogen) atoms. The summed E-state index contributed by atoms with van der Waals surface area (Å²) in [5, 5.41) is 3.62. The first-order chi connectivity index (χ1) is 8.09. The first kappa shape index (κ1) is 12.4. The maximum atomic E-state index is 5.11. The molecule has 0 spiro atoms. The molecule has 0 saturated heterocycles. The van der Waals surface area contributed by atoms with Gasteiger partial charge in [0.1, 0.15) is 0 Å². The molecular weight excluding hydrogens is 210 g/mol. The Hall–Kier alpha value is -1.02. The van der Waals surface area contributed by atoms with Gasteiger partial charge in [-0.05, 0) is 42.4 Å². The van der Waals surface area contributed by atoms with E-state index in [4.69, 9.17) is 4.74 Å². The van der Waals surface area contributed by atoms with Gasteiger partial charge in [-0.15, -0.1) is 0 Å². The minimum Gasteiger partial charge on any atom is -0.382 e. The SMILES string of the molecule is COCc1ccc(NC2CCC(C)(C)C2)cc1. The number of nitrogens with one attached hydrogen (secondary N) is 1. The van der Waals surface area contributed by atoms with Crippen LogP contribution in [0.4, 0.5) is 5.69 Å². The van der Waals surface area contributed by atoms with Gasteiger partial charge in [0, 0.05) is 18.8 Å². The fourth-order valence-electron chi connectivity index (χ4n) is 2.66. The molecule has 1 aliphatic rings. The zero-order valence-corrected chi connectivity index (χ0v) is 11.1. The highest BCUT2D eigenvalue weighted by molar-refractivity contribution is 5.45. The van der Waals surface area contributed by atoms with Gasteiger partial charge in [-0.3, -0.25) is 0 Å². The van der Waals surface area contributed by atoms with E-state index in [0.29, 0.717) is 18.1 Å². The molecule has 0 bridgehead atoms. The first-order valence-electron chi connectivity index (χ1n) is 6.43. The number of benzene rings is 1. The molecule has 1 fully saturated rings. The molecule has 1 saturated carbocycles. The Morgan fingerprint density at radius 3 is 2.53 bits per heavy atom. The molecule has 0 radical (unpaired) electrons. The summed E-state index contributed by atoms with van der Waals surface area (Å²) in [4.78, 5) is 0. The molecule has 1 aliphatic carbocycles. The maximum absolute atomic E-state index is 5.11. The minimum absolute atomic E-state index is 0.508. The Morgan fingerprint density at radius 2 is 2.00 bits per heavy atom. The molecule has 1 aromatic carbocycles. The molecule has 0 amide bonds. The summed E-state index contributed by atoms with van der Waals surface area (Å²) >= 11 is 0. The third-order valence-electron chi connectivity index (χ3n) is 3.60. The van der Waals surface area contributed by atoms with E-state index in [2.05, 4.69) is 43.4 Å². The number of hydrogen-bond donors (Lipinski definition) is 1. The molecule has 94 valence electrons. The van der Waals surface area contributed by atoms with Gasteiger partial charge in [0.2, 0.25) is 0 Å². The lowest BCUT2D eigenvalue weighted by Gasteiger charge is -2.18. The largest absolute Gasteiger partial charge is 0.382 e. The molecule has 2 nitrogen and oxygen atoms in total. The summed E-state index contributed by atoms with van der Waals surface area (Å²) in [6, 6.07) is 9.20. The van der Waals surface area contributed by atoms with Crippen molar-refractivity contribution in [2.45, 2.75) is 45.8 Å². The summed E-state index contributed by atoms with van der Waals surface area (Å²) < 4.78 is 5.11. The Bertz CT molecular complexity index is 356. The Kier molecular flexibility index (Phi) is 3.72. The number of rotatable bonds is 4. The lowest BCUT2D eigenvalue weighted by Crippen LogP contribution is -2.17. The van der Waals surface area contributed by atoms with Crippen molar-refractivity contribution in [3.05, 3.63) is 29.8 Å². The van der Waals surface area contributed by atoms with Crippen LogP contribution in [-0.4, -0.2) is 13.2 Å². The van der Waals surface area contributed by atoms with Crippen molar-refractivity contribution in [2.24, 2.45) is 5.41 Å². The van der Waals surface area contributed by atoms with Crippen molar-refractivity contribution in [3.63, 3.8) is 0 Å². The zero-order valence-electron chi connectivity index (χ0n) is 11.1. The first-order valence-corrected chi connectivity index (χ1v) is 6.43. The van der Waals surface area contributed by atoms with Crippen molar-refractivity contribution < 1.29 is 4.74 Å². The summed E-state index contributed by atoms with van der Waals surface area (Å²) in [5.41, 5.74) is 2.96. The summed E-state index contributed by atoms with van der Waals surface area (Å²) in [7, 11) is 1.73. The molecule has 0 aliphatic heterocycles. The zero-order chi connectivity index (χ0) is 12.3. The summed E-state index contributed by atoms with van der Waals surface area (Å²) in [6.45, 7) is 5.41. The normalized spacial score (nSPS) is 22.6. The van der Waals surface area contributed by atoms with E-state index in [1.165, 1.54) is 30.5 Å². The number of methoxy groups -OCH3 is 1. The molecule has 0 aromatic heterocycles. The topological polar surface area (TPSA) is 21.3 Å². The van der Waals surface area contributed by atoms with Gasteiger partial charge < -0.3 is 10.1 Å². The molecular formula is C15H23NO. The molecule has 1 N–H and O–H groups in total. The van der Waals surface area contributed by atoms with Crippen molar-refractivity contribution in [1.29, 1.82) is 0 Å². The molecule has 1 atom stereocenters. The van der Waals surface area contributed by atoms with Gasteiger partial charge in [-0.2, -0.15) is 0 Å². The van der Waals surface area contributed by atoms with Crippen molar-refractivity contribution in [2.75, 3.05) is 12.4 Å². The summed E-state index contributed by atoms with van der Waals surface area (Å²) in [5.74, 6) is 0. The van der Waals surface area contributed by atoms with Gasteiger partial charge in [0.05, 0.1) is 6.61 Å². The van der Waals surface area contributed by atoms with Crippen LogP contribution in [0.15, 0.2) is 24.3 Å². The third-order valence-corrected chi connectivity index (χ3v) is 3.60. The number of ether oxygens (including phenoxy) is 1. The second kappa shape index (κ2) is 5.09. The Labute approximate surface area is 104 Å². The van der Waals surface area contributed by atoms with E-state index < -0.39 is 0 Å². The van der Waals surface area contributed by atoms with Crippen LogP contribution in [0.5, 0.6) is 0 Å². The van der Waals surface area contributed by atoms with E-state index >= 15 is 0 Å². The van der Waals surface area contributed by atoms with E-state index in [9.17, 15) is 0 Å². The van der Waals surface area contributed by atoms with Gasteiger partial charge in [0.15, 0.2) is 0 Å². The lowest BCUT2D eigenvalue weighted by molar-refractivity contribution is 0.185. The minimum atomic E-state index is 0.508. The van der Waals surface area contributed by atoms with Crippen LogP contribution in [-0.2, 0) is 11.3 Å². The average molecular weight is 233 g/mol. The Morgan fingerprint density at radius 1 is 1.29 bits per heavy atom. The van der Waals surface area contributed by atoms with Crippen molar-refractivity contribution in [1.82, 2.24) is 0 Å². The fourth-order valence-corrected chi connectivity index (χ4v) is 2.66. The van der Waals surface area contributed by atoms with Crippen LogP contribution < -0.4 is 5.32 Å². The van der Waals surface area contributed by atoms with E-state index in [1.807, 2.05) is 0 Å². The van der Waals surface area contributed by atoms with Gasteiger partial charge in [-0.1, -0.05) is 26.0 Å². The molecule has 2 rings (SSSR count). The van der Waals surface area contributed by atoms with Crippen molar-refractivity contribution in [3.8, 4) is 0 Å². The third kappa shape index (κ3) is 3.47. The van der Waals surface area contributed by atoms with Crippen LogP contribution in [0.3, 0.4) is 0 Å². The smallest absolute Gasteiger partial charge is 0.0713 e. The standard InChI is InChI=1S/C15H23NO/c1-15(2)9-8-14(10-15)16-13-6-4-12(5-7-13)11-17-3/h4-7,14,16H,8-11H2,1-3H3. The van der Waals surface area contributed by atoms with E-state index in [1.54, 1.807) is 7.11 Å². The number of anilines is 1. The van der Waals surface area contributed by atoms with E-state index in [0.717, 1.165) is 0 Å². The summed E-state index contributed by atoms with van der Waals surface area (Å²) in [6.07, 6.45) is 3.88. The second-order valence-electron chi connectivity index (χ2n) is 5.88. The van der Waals surface area contributed by atoms with Gasteiger partial charge in [0.25, 0.3) is 0 Å². The molecule has 0 heterocycles. The van der Waals surface area contributed by atoms with Crippen LogP contribution in [0.2, 0.25) is 0 Å². The monoisotopic (exact) mass is 233 g/mol. The lowest BCUT2D eigenvalue weighted by atomic mass is 9.92. The van der Waals surface area contributed by atoms with Crippen LogP contribution >= 0.6 is 0 Å². The number of hydrogen-bond acceptors (Lipinski definition) is 2. The second-order valence-corrected chi connectivity index (χ2v) is 5.88. The van der Waals surface area contributed by atoms with Crippen LogP contribution in [0, 0.1) is 5.41 Å². The van der Waals surface area contributed by atoms with Gasteiger partial charge in [-0.25, -0.2) is 0 Å². The van der Waals surface area contributed by atoms with Crippen molar-refractivity contribution >= 4 is 5.69 Å².